The number of carbonyl (C=O) groups is 1. The standard InChI is InChI=1S/C11H11N3O2/c1-6-12-13-10-5-8(11(15)16)4-9(14(6)10)7-2-3-7/h4-5,7H,2-3H2,1H3,(H,15,16). The van der Waals surface area contributed by atoms with Crippen LogP contribution in [0.3, 0.4) is 0 Å². The van der Waals surface area contributed by atoms with E-state index >= 15 is 0 Å². The van der Waals surface area contributed by atoms with Crippen molar-refractivity contribution >= 4 is 11.6 Å². The fourth-order valence-corrected chi connectivity index (χ4v) is 2.00. The van der Waals surface area contributed by atoms with Gasteiger partial charge in [0.2, 0.25) is 0 Å². The van der Waals surface area contributed by atoms with Gasteiger partial charge in [-0.3, -0.25) is 4.40 Å². The van der Waals surface area contributed by atoms with Gasteiger partial charge in [0, 0.05) is 5.69 Å². The topological polar surface area (TPSA) is 67.5 Å². The van der Waals surface area contributed by atoms with E-state index in [0.29, 0.717) is 17.1 Å². The molecule has 1 fully saturated rings. The summed E-state index contributed by atoms with van der Waals surface area (Å²) in [6.45, 7) is 1.88. The van der Waals surface area contributed by atoms with E-state index in [9.17, 15) is 4.79 Å². The second kappa shape index (κ2) is 3.04. The smallest absolute Gasteiger partial charge is 0.335 e. The molecule has 82 valence electrons. The average Bonchev–Trinajstić information content (AvgIpc) is 3.03. The first-order chi connectivity index (χ1) is 7.66. The van der Waals surface area contributed by atoms with E-state index in [4.69, 9.17) is 5.11 Å². The highest BCUT2D eigenvalue weighted by Gasteiger charge is 2.28. The third-order valence-corrected chi connectivity index (χ3v) is 2.94. The molecule has 0 unspecified atom stereocenters. The second-order valence-electron chi connectivity index (χ2n) is 4.19. The van der Waals surface area contributed by atoms with Crippen molar-refractivity contribution in [3.05, 3.63) is 29.2 Å². The van der Waals surface area contributed by atoms with Gasteiger partial charge in [-0.15, -0.1) is 10.2 Å². The summed E-state index contributed by atoms with van der Waals surface area (Å²) >= 11 is 0. The van der Waals surface area contributed by atoms with Crippen LogP contribution in [0.2, 0.25) is 0 Å². The number of rotatable bonds is 2. The number of aryl methyl sites for hydroxylation is 1. The Hall–Kier alpha value is -1.91. The number of carboxylic acids is 1. The van der Waals surface area contributed by atoms with Crippen LogP contribution >= 0.6 is 0 Å². The number of aromatic nitrogens is 3. The van der Waals surface area contributed by atoms with Crippen molar-refractivity contribution in [2.45, 2.75) is 25.7 Å². The molecule has 5 nitrogen and oxygen atoms in total. The monoisotopic (exact) mass is 217 g/mol. The second-order valence-corrected chi connectivity index (χ2v) is 4.19. The SMILES string of the molecule is Cc1nnc2cc(C(=O)O)cc(C3CC3)n12. The number of pyridine rings is 1. The Morgan fingerprint density at radius 3 is 2.81 bits per heavy atom. The number of fused-ring (bicyclic) bond motifs is 1. The number of nitrogens with zero attached hydrogens (tertiary/aromatic N) is 3. The summed E-state index contributed by atoms with van der Waals surface area (Å²) in [5, 5.41) is 17.0. The number of aromatic carboxylic acids is 1. The zero-order valence-corrected chi connectivity index (χ0v) is 8.84. The van der Waals surface area contributed by atoms with Gasteiger partial charge >= 0.3 is 5.97 Å². The lowest BCUT2D eigenvalue weighted by molar-refractivity contribution is 0.0696. The molecule has 1 N–H and O–H groups in total. The van der Waals surface area contributed by atoms with Crippen molar-refractivity contribution < 1.29 is 9.90 Å². The summed E-state index contributed by atoms with van der Waals surface area (Å²) in [4.78, 5) is 11.0. The molecule has 0 spiro atoms. The Balaban J connectivity index is 2.32. The molecule has 2 aromatic rings. The Labute approximate surface area is 91.7 Å². The lowest BCUT2D eigenvalue weighted by atomic mass is 10.1. The molecule has 5 heteroatoms. The van der Waals surface area contributed by atoms with Crippen molar-refractivity contribution in [3.8, 4) is 0 Å². The third-order valence-electron chi connectivity index (χ3n) is 2.94. The van der Waals surface area contributed by atoms with Crippen molar-refractivity contribution in [2.24, 2.45) is 0 Å². The van der Waals surface area contributed by atoms with Crippen LogP contribution in [0.1, 0.15) is 40.6 Å². The quantitative estimate of drug-likeness (QED) is 0.829. The molecule has 1 aliphatic rings. The molecule has 0 saturated heterocycles. The number of hydrogen-bond acceptors (Lipinski definition) is 3. The number of hydrogen-bond donors (Lipinski definition) is 1. The first-order valence-electron chi connectivity index (χ1n) is 5.26. The average molecular weight is 217 g/mol. The van der Waals surface area contributed by atoms with E-state index in [1.165, 1.54) is 0 Å². The number of carboxylic acid groups (broad SMARTS) is 1. The molecule has 2 aromatic heterocycles. The minimum atomic E-state index is -0.912. The van der Waals surface area contributed by atoms with Crippen molar-refractivity contribution in [1.82, 2.24) is 14.6 Å². The Kier molecular flexibility index (Phi) is 1.77. The fraction of sp³-hybridized carbons (Fsp3) is 0.364. The van der Waals surface area contributed by atoms with E-state index in [-0.39, 0.29) is 0 Å². The largest absolute Gasteiger partial charge is 0.478 e. The summed E-state index contributed by atoms with van der Waals surface area (Å²) in [6, 6.07) is 3.30. The van der Waals surface area contributed by atoms with E-state index in [1.54, 1.807) is 12.1 Å². The minimum absolute atomic E-state index is 0.293. The van der Waals surface area contributed by atoms with E-state index in [1.807, 2.05) is 11.3 Å². The summed E-state index contributed by atoms with van der Waals surface area (Å²) in [6.07, 6.45) is 2.24. The van der Waals surface area contributed by atoms with Crippen molar-refractivity contribution in [2.75, 3.05) is 0 Å². The van der Waals surface area contributed by atoms with Crippen LogP contribution in [0.4, 0.5) is 0 Å². The molecule has 0 aromatic carbocycles. The highest BCUT2D eigenvalue weighted by atomic mass is 16.4. The van der Waals surface area contributed by atoms with Gasteiger partial charge in [0.25, 0.3) is 0 Å². The molecule has 0 atom stereocenters. The summed E-state index contributed by atoms with van der Waals surface area (Å²) in [7, 11) is 0. The van der Waals surface area contributed by atoms with Crippen molar-refractivity contribution in [1.29, 1.82) is 0 Å². The fourth-order valence-electron chi connectivity index (χ4n) is 2.00. The normalized spacial score (nSPS) is 15.6. The van der Waals surface area contributed by atoms with Gasteiger partial charge in [-0.2, -0.15) is 0 Å². The maximum absolute atomic E-state index is 11.0. The molecule has 0 radical (unpaired) electrons. The van der Waals surface area contributed by atoms with Crippen LogP contribution in [0.5, 0.6) is 0 Å². The van der Waals surface area contributed by atoms with Gasteiger partial charge in [0.1, 0.15) is 5.82 Å². The lowest BCUT2D eigenvalue weighted by Gasteiger charge is -2.06. The molecule has 2 heterocycles. The molecule has 16 heavy (non-hydrogen) atoms. The maximum Gasteiger partial charge on any atom is 0.335 e. The highest BCUT2D eigenvalue weighted by molar-refractivity contribution is 5.89. The molecule has 0 aliphatic heterocycles. The molecule has 3 rings (SSSR count). The Morgan fingerprint density at radius 2 is 2.19 bits per heavy atom. The van der Waals surface area contributed by atoms with Crippen LogP contribution in [0.25, 0.3) is 5.65 Å². The summed E-state index contributed by atoms with van der Waals surface area (Å²) < 4.78 is 1.95. The van der Waals surface area contributed by atoms with Gasteiger partial charge in [-0.1, -0.05) is 0 Å². The molecule has 0 amide bonds. The van der Waals surface area contributed by atoms with Gasteiger partial charge < -0.3 is 5.11 Å². The summed E-state index contributed by atoms with van der Waals surface area (Å²) in [5.74, 6) is 0.371. The van der Waals surface area contributed by atoms with E-state index in [2.05, 4.69) is 10.2 Å². The van der Waals surface area contributed by atoms with Crippen LogP contribution in [-0.4, -0.2) is 25.7 Å². The van der Waals surface area contributed by atoms with Crippen LogP contribution in [0, 0.1) is 6.92 Å². The zero-order valence-electron chi connectivity index (χ0n) is 8.84. The third kappa shape index (κ3) is 1.28. The molecular formula is C11H11N3O2. The van der Waals surface area contributed by atoms with Crippen molar-refractivity contribution in [3.63, 3.8) is 0 Å². The summed E-state index contributed by atoms with van der Waals surface area (Å²) in [5.41, 5.74) is 1.94. The van der Waals surface area contributed by atoms with Gasteiger partial charge in [0.05, 0.1) is 5.56 Å². The van der Waals surface area contributed by atoms with Gasteiger partial charge in [0.15, 0.2) is 5.65 Å². The first kappa shape index (κ1) is 9.33. The molecule has 0 bridgehead atoms. The maximum atomic E-state index is 11.0. The molecule has 1 aliphatic carbocycles. The first-order valence-corrected chi connectivity index (χ1v) is 5.26. The van der Waals surface area contributed by atoms with Crippen LogP contribution in [0.15, 0.2) is 12.1 Å². The molecule has 1 saturated carbocycles. The minimum Gasteiger partial charge on any atom is -0.478 e. The lowest BCUT2D eigenvalue weighted by Crippen LogP contribution is -2.03. The molecular weight excluding hydrogens is 206 g/mol. The Morgan fingerprint density at radius 1 is 1.44 bits per heavy atom. The van der Waals surface area contributed by atoms with E-state index < -0.39 is 5.97 Å². The van der Waals surface area contributed by atoms with Gasteiger partial charge in [-0.25, -0.2) is 4.79 Å². The predicted octanol–water partition coefficient (Wildman–Crippen LogP) is 1.61. The predicted molar refractivity (Wildman–Crippen MR) is 56.7 cm³/mol. The Bertz CT molecular complexity index is 584. The van der Waals surface area contributed by atoms with Crippen LogP contribution < -0.4 is 0 Å². The van der Waals surface area contributed by atoms with Gasteiger partial charge in [-0.05, 0) is 37.8 Å². The highest BCUT2D eigenvalue weighted by Crippen LogP contribution is 2.40. The zero-order chi connectivity index (χ0) is 11.3. The van der Waals surface area contributed by atoms with Crippen LogP contribution in [-0.2, 0) is 0 Å². The van der Waals surface area contributed by atoms with E-state index in [0.717, 1.165) is 24.4 Å².